The van der Waals surface area contributed by atoms with Crippen LogP contribution in [0.4, 0.5) is 4.39 Å². The van der Waals surface area contributed by atoms with Gasteiger partial charge in [-0.25, -0.2) is 4.39 Å². The lowest BCUT2D eigenvalue weighted by Gasteiger charge is -2.20. The molecule has 4 heteroatoms. The van der Waals surface area contributed by atoms with Crippen LogP contribution in [0.2, 0.25) is 5.02 Å². The number of phenolic OH excluding ortho intramolecular Hbond substituents is 1. The van der Waals surface area contributed by atoms with Gasteiger partial charge in [0.05, 0.1) is 5.02 Å². The molecule has 1 unspecified atom stereocenters. The standard InChI is InChI=1S/C11H15ClFNO/c1-6(2)9(5-14)8-3-7(13)4-10(12)11(8)15/h3-4,6,9,15H,5,14H2,1-2H3. The fraction of sp³-hybridized carbons (Fsp3) is 0.455. The van der Waals surface area contributed by atoms with E-state index in [0.29, 0.717) is 12.1 Å². The molecule has 84 valence electrons. The Labute approximate surface area is 93.9 Å². The largest absolute Gasteiger partial charge is 0.506 e. The van der Waals surface area contributed by atoms with Crippen molar-refractivity contribution in [3.63, 3.8) is 0 Å². The van der Waals surface area contributed by atoms with Crippen LogP contribution in [0.5, 0.6) is 5.75 Å². The second-order valence-electron chi connectivity index (χ2n) is 3.91. The molecule has 0 saturated carbocycles. The molecule has 0 aliphatic heterocycles. The molecule has 0 aromatic heterocycles. The van der Waals surface area contributed by atoms with Crippen molar-refractivity contribution < 1.29 is 9.50 Å². The first-order chi connectivity index (χ1) is 6.97. The maximum absolute atomic E-state index is 13.1. The van der Waals surface area contributed by atoms with Crippen molar-refractivity contribution in [3.8, 4) is 5.75 Å². The first-order valence-corrected chi connectivity index (χ1v) is 5.23. The topological polar surface area (TPSA) is 46.2 Å². The molecular formula is C11H15ClFNO. The predicted octanol–water partition coefficient (Wildman–Crippen LogP) is 2.88. The summed E-state index contributed by atoms with van der Waals surface area (Å²) < 4.78 is 13.1. The Morgan fingerprint density at radius 1 is 1.47 bits per heavy atom. The van der Waals surface area contributed by atoms with Crippen molar-refractivity contribution in [1.29, 1.82) is 0 Å². The zero-order chi connectivity index (χ0) is 11.6. The molecule has 0 fully saturated rings. The van der Waals surface area contributed by atoms with Crippen LogP contribution < -0.4 is 5.73 Å². The summed E-state index contributed by atoms with van der Waals surface area (Å²) in [4.78, 5) is 0. The highest BCUT2D eigenvalue weighted by Crippen LogP contribution is 2.36. The Hall–Kier alpha value is -0.800. The third kappa shape index (κ3) is 2.61. The molecule has 1 rings (SSSR count). The quantitative estimate of drug-likeness (QED) is 0.840. The highest BCUT2D eigenvalue weighted by Gasteiger charge is 2.20. The molecule has 0 radical (unpaired) electrons. The minimum absolute atomic E-state index is 0.0316. The van der Waals surface area contributed by atoms with Crippen LogP contribution in [-0.2, 0) is 0 Å². The van der Waals surface area contributed by atoms with Gasteiger partial charge in [-0.3, -0.25) is 0 Å². The van der Waals surface area contributed by atoms with Gasteiger partial charge in [-0.05, 0) is 24.6 Å². The minimum Gasteiger partial charge on any atom is -0.506 e. The SMILES string of the molecule is CC(C)C(CN)c1cc(F)cc(Cl)c1O. The van der Waals surface area contributed by atoms with E-state index in [0.717, 1.165) is 6.07 Å². The van der Waals surface area contributed by atoms with E-state index in [-0.39, 0.29) is 22.6 Å². The van der Waals surface area contributed by atoms with Crippen LogP contribution in [0, 0.1) is 11.7 Å². The number of hydrogen-bond donors (Lipinski definition) is 2. The number of phenols is 1. The van der Waals surface area contributed by atoms with Crippen molar-refractivity contribution in [2.24, 2.45) is 11.7 Å². The van der Waals surface area contributed by atoms with E-state index >= 15 is 0 Å². The van der Waals surface area contributed by atoms with Crippen LogP contribution in [0.1, 0.15) is 25.3 Å². The number of halogens is 2. The van der Waals surface area contributed by atoms with Gasteiger partial charge in [0.15, 0.2) is 0 Å². The van der Waals surface area contributed by atoms with E-state index in [4.69, 9.17) is 17.3 Å². The molecule has 3 N–H and O–H groups in total. The van der Waals surface area contributed by atoms with E-state index in [2.05, 4.69) is 0 Å². The summed E-state index contributed by atoms with van der Waals surface area (Å²) in [6.45, 7) is 4.29. The fourth-order valence-electron chi connectivity index (χ4n) is 1.63. The zero-order valence-electron chi connectivity index (χ0n) is 8.80. The van der Waals surface area contributed by atoms with E-state index in [1.165, 1.54) is 6.07 Å². The fourth-order valence-corrected chi connectivity index (χ4v) is 1.84. The van der Waals surface area contributed by atoms with Crippen molar-refractivity contribution in [1.82, 2.24) is 0 Å². The average Bonchev–Trinajstić information content (AvgIpc) is 2.13. The Bertz CT molecular complexity index is 355. The van der Waals surface area contributed by atoms with Gasteiger partial charge in [0.1, 0.15) is 11.6 Å². The molecule has 1 aromatic rings. The zero-order valence-corrected chi connectivity index (χ0v) is 9.55. The molecule has 0 aliphatic rings. The molecule has 0 heterocycles. The molecule has 0 saturated heterocycles. The number of benzene rings is 1. The number of hydrogen-bond acceptors (Lipinski definition) is 2. The first kappa shape index (κ1) is 12.3. The molecule has 2 nitrogen and oxygen atoms in total. The molecular weight excluding hydrogens is 217 g/mol. The summed E-state index contributed by atoms with van der Waals surface area (Å²) in [7, 11) is 0. The lowest BCUT2D eigenvalue weighted by atomic mass is 9.88. The molecule has 0 amide bonds. The first-order valence-electron chi connectivity index (χ1n) is 4.85. The van der Waals surface area contributed by atoms with Gasteiger partial charge in [0.25, 0.3) is 0 Å². The van der Waals surface area contributed by atoms with Crippen LogP contribution in [0.25, 0.3) is 0 Å². The van der Waals surface area contributed by atoms with Gasteiger partial charge in [0.2, 0.25) is 0 Å². The summed E-state index contributed by atoms with van der Waals surface area (Å²) in [6.07, 6.45) is 0. The van der Waals surface area contributed by atoms with Crippen LogP contribution in [-0.4, -0.2) is 11.7 Å². The van der Waals surface area contributed by atoms with Crippen LogP contribution >= 0.6 is 11.6 Å². The second kappa shape index (κ2) is 4.81. The third-order valence-corrected chi connectivity index (χ3v) is 2.80. The summed E-state index contributed by atoms with van der Waals surface area (Å²) in [5, 5.41) is 9.75. The van der Waals surface area contributed by atoms with Crippen LogP contribution in [0.15, 0.2) is 12.1 Å². The lowest BCUT2D eigenvalue weighted by Crippen LogP contribution is -2.18. The van der Waals surface area contributed by atoms with Crippen molar-refractivity contribution in [2.45, 2.75) is 19.8 Å². The number of aromatic hydroxyl groups is 1. The van der Waals surface area contributed by atoms with Crippen LogP contribution in [0.3, 0.4) is 0 Å². The Morgan fingerprint density at radius 3 is 2.53 bits per heavy atom. The van der Waals surface area contributed by atoms with E-state index in [1.54, 1.807) is 0 Å². The lowest BCUT2D eigenvalue weighted by molar-refractivity contribution is 0.435. The molecule has 0 aliphatic carbocycles. The molecule has 0 bridgehead atoms. The summed E-state index contributed by atoms with van der Waals surface area (Å²) in [5.41, 5.74) is 6.08. The predicted molar refractivity (Wildman–Crippen MR) is 59.7 cm³/mol. The minimum atomic E-state index is -0.452. The molecule has 15 heavy (non-hydrogen) atoms. The highest BCUT2D eigenvalue weighted by molar-refractivity contribution is 6.32. The Balaban J connectivity index is 3.22. The Kier molecular flexibility index (Phi) is 3.94. The van der Waals surface area contributed by atoms with Gasteiger partial charge in [0, 0.05) is 11.5 Å². The van der Waals surface area contributed by atoms with Gasteiger partial charge in [-0.15, -0.1) is 0 Å². The van der Waals surface area contributed by atoms with Crippen molar-refractivity contribution >= 4 is 11.6 Å². The van der Waals surface area contributed by atoms with E-state index in [1.807, 2.05) is 13.8 Å². The van der Waals surface area contributed by atoms with Gasteiger partial charge < -0.3 is 10.8 Å². The monoisotopic (exact) mass is 231 g/mol. The third-order valence-electron chi connectivity index (χ3n) is 2.52. The maximum atomic E-state index is 13.1. The summed E-state index contributed by atoms with van der Waals surface area (Å²) in [5.74, 6) is -0.383. The molecule has 1 aromatic carbocycles. The summed E-state index contributed by atoms with van der Waals surface area (Å²) in [6, 6.07) is 2.38. The van der Waals surface area contributed by atoms with Crippen molar-refractivity contribution in [2.75, 3.05) is 6.54 Å². The van der Waals surface area contributed by atoms with Crippen molar-refractivity contribution in [3.05, 3.63) is 28.5 Å². The average molecular weight is 232 g/mol. The molecule has 1 atom stereocenters. The maximum Gasteiger partial charge on any atom is 0.137 e. The number of rotatable bonds is 3. The van der Waals surface area contributed by atoms with E-state index in [9.17, 15) is 9.50 Å². The van der Waals surface area contributed by atoms with Gasteiger partial charge >= 0.3 is 0 Å². The van der Waals surface area contributed by atoms with E-state index < -0.39 is 5.82 Å². The van der Waals surface area contributed by atoms with Gasteiger partial charge in [-0.2, -0.15) is 0 Å². The number of nitrogens with two attached hydrogens (primary N) is 1. The molecule has 0 spiro atoms. The smallest absolute Gasteiger partial charge is 0.137 e. The second-order valence-corrected chi connectivity index (χ2v) is 4.32. The van der Waals surface area contributed by atoms with Gasteiger partial charge in [-0.1, -0.05) is 25.4 Å². The highest BCUT2D eigenvalue weighted by atomic mass is 35.5. The summed E-state index contributed by atoms with van der Waals surface area (Å²) >= 11 is 5.69. The Morgan fingerprint density at radius 2 is 2.07 bits per heavy atom. The normalized spacial score (nSPS) is 13.2.